The fourth-order valence-electron chi connectivity index (χ4n) is 8.39. The van der Waals surface area contributed by atoms with E-state index in [1.165, 1.54) is 20.7 Å². The quantitative estimate of drug-likeness (QED) is 0.0938. The predicted octanol–water partition coefficient (Wildman–Crippen LogP) is 9.63. The zero-order chi connectivity index (χ0) is 53.2. The maximum absolute atomic E-state index is 13.0. The molecule has 1 amide bonds. The van der Waals surface area contributed by atoms with Crippen molar-refractivity contribution in [3.63, 3.8) is 0 Å². The molecule has 2 aliphatic heterocycles. The smallest absolute Gasteiger partial charge is 0.334 e. The lowest BCUT2D eigenvalue weighted by atomic mass is 9.89. The molecule has 0 bridgehead atoms. The topological polar surface area (TPSA) is 195 Å². The summed E-state index contributed by atoms with van der Waals surface area (Å²) >= 11 is 5.02. The lowest BCUT2D eigenvalue weighted by Crippen LogP contribution is -2.55. The number of rotatable bonds is 11. The molecular formula is C52H49ClF6N6O6S2. The number of fused-ring (bicyclic) bond motifs is 2. The Hall–Kier alpha value is -6.39. The third-order valence-electron chi connectivity index (χ3n) is 12.7. The average Bonchev–Trinajstić information content (AvgIpc) is 3.37. The molecule has 0 saturated carbocycles. The molecule has 0 radical (unpaired) electrons. The van der Waals surface area contributed by atoms with Gasteiger partial charge in [-0.15, -0.1) is 0 Å². The van der Waals surface area contributed by atoms with Gasteiger partial charge in [0.05, 0.1) is 34.8 Å². The summed E-state index contributed by atoms with van der Waals surface area (Å²) in [6, 6.07) is 39.5. The lowest BCUT2D eigenvalue weighted by molar-refractivity contribution is -0.138. The van der Waals surface area contributed by atoms with E-state index in [4.69, 9.17) is 22.6 Å². The highest BCUT2D eigenvalue weighted by molar-refractivity contribution is 7.89. The number of hydrogen-bond donors (Lipinski definition) is 2. The van der Waals surface area contributed by atoms with Gasteiger partial charge in [-0.25, -0.2) is 25.4 Å². The molecule has 73 heavy (non-hydrogen) atoms. The fraction of sp³-hybridized carbons (Fsp3) is 0.308. The van der Waals surface area contributed by atoms with E-state index in [0.717, 1.165) is 69.1 Å². The van der Waals surface area contributed by atoms with E-state index >= 15 is 0 Å². The summed E-state index contributed by atoms with van der Waals surface area (Å²) in [6.07, 6.45) is -7.41. The molecule has 3 N–H and O–H groups in total. The molecule has 2 aliphatic rings. The Morgan fingerprint density at radius 1 is 0.589 bits per heavy atom. The summed E-state index contributed by atoms with van der Waals surface area (Å²) in [5.74, 6) is -0.836. The van der Waals surface area contributed by atoms with Crippen LogP contribution in [0.3, 0.4) is 0 Å². The molecular weight excluding hydrogens is 1020 g/mol. The van der Waals surface area contributed by atoms with Gasteiger partial charge in [0.15, 0.2) is 0 Å². The van der Waals surface area contributed by atoms with Gasteiger partial charge in [0, 0.05) is 37.3 Å². The zero-order valence-corrected chi connectivity index (χ0v) is 41.4. The molecule has 21 heteroatoms. The van der Waals surface area contributed by atoms with E-state index in [9.17, 15) is 58.0 Å². The van der Waals surface area contributed by atoms with Crippen LogP contribution >= 0.6 is 11.6 Å². The van der Waals surface area contributed by atoms with Crippen molar-refractivity contribution in [3.8, 4) is 12.1 Å². The SMILES string of the molecule is N#CC1(N)CCN(S(=O)(=O)CCc2cccc3ccccc23)CC1.N#CC1(NC(=O)c2cccc(C(F)(F)F)c2)CCN(S(=O)(=O)CCc2cccc3ccccc23)CC1.O=C(Cl)c1cccc(C(F)(F)F)c1. The Morgan fingerprint density at radius 2 is 0.986 bits per heavy atom. The summed E-state index contributed by atoms with van der Waals surface area (Å²) in [5.41, 5.74) is 3.40. The molecule has 6 aromatic rings. The minimum Gasteiger partial charge on any atom is -0.334 e. The van der Waals surface area contributed by atoms with Crippen molar-refractivity contribution in [2.45, 2.75) is 62.0 Å². The Labute approximate surface area is 424 Å². The molecule has 0 spiro atoms. The third-order valence-corrected chi connectivity index (χ3v) is 16.6. The van der Waals surface area contributed by atoms with Crippen LogP contribution in [-0.4, -0.2) is 85.4 Å². The normalized spacial score (nSPS) is 16.1. The highest BCUT2D eigenvalue weighted by Crippen LogP contribution is 2.32. The van der Waals surface area contributed by atoms with Crippen molar-refractivity contribution in [3.05, 3.63) is 167 Å². The number of aryl methyl sites for hydroxylation is 2. The largest absolute Gasteiger partial charge is 0.416 e. The second kappa shape index (κ2) is 23.2. The average molecular weight is 1070 g/mol. The molecule has 0 atom stereocenters. The van der Waals surface area contributed by atoms with E-state index in [0.29, 0.717) is 38.8 Å². The second-order valence-electron chi connectivity index (χ2n) is 17.6. The Morgan fingerprint density at radius 3 is 1.41 bits per heavy atom. The molecule has 2 heterocycles. The number of carbonyl (C=O) groups is 2. The first-order chi connectivity index (χ1) is 34.4. The van der Waals surface area contributed by atoms with Crippen LogP contribution in [0.25, 0.3) is 21.5 Å². The van der Waals surface area contributed by atoms with Crippen LogP contribution in [0, 0.1) is 22.7 Å². The third kappa shape index (κ3) is 14.7. The number of halogens is 7. The molecule has 384 valence electrons. The van der Waals surface area contributed by atoms with Crippen molar-refractivity contribution < 1.29 is 52.8 Å². The highest BCUT2D eigenvalue weighted by Gasteiger charge is 2.40. The Kier molecular flexibility index (Phi) is 17.8. The standard InChI is InChI=1S/C26H24F3N3O3S.C18H21N3O2S.C8H4ClF3O/c27-26(28,29)22-9-4-8-21(17-22)24(33)31-25(18-30)12-14-32(15-13-25)36(34,35)16-11-20-7-3-6-19-5-1-2-10-23(19)20;19-14-18(20)9-11-21(12-10-18)24(22,23)13-8-16-6-3-5-15-4-1-2-7-17(15)16;9-7(13)5-2-1-3-6(4-5)8(10,11)12/h1-10,17H,11-16H2,(H,31,33);1-7H,8-13,20H2;1-4H. The summed E-state index contributed by atoms with van der Waals surface area (Å²) < 4.78 is 129. The molecule has 0 aromatic heterocycles. The number of piperidine rings is 2. The Bertz CT molecular complexity index is 3260. The first-order valence-corrected chi connectivity index (χ1v) is 26.3. The summed E-state index contributed by atoms with van der Waals surface area (Å²) in [5, 5.41) is 24.7. The Balaban J connectivity index is 0.000000201. The second-order valence-corrected chi connectivity index (χ2v) is 22.1. The number of hydrogen-bond acceptors (Lipinski definition) is 9. The number of nitrogens with zero attached hydrogens (tertiary/aromatic N) is 4. The molecule has 0 aliphatic carbocycles. The summed E-state index contributed by atoms with van der Waals surface area (Å²) in [6.45, 7) is 0.687. The van der Waals surface area contributed by atoms with Gasteiger partial charge in [-0.3, -0.25) is 9.59 Å². The van der Waals surface area contributed by atoms with Crippen molar-refractivity contribution in [2.75, 3.05) is 37.7 Å². The van der Waals surface area contributed by atoms with Crippen LogP contribution in [-0.2, 0) is 45.2 Å². The van der Waals surface area contributed by atoms with Crippen LogP contribution in [0.5, 0.6) is 0 Å². The van der Waals surface area contributed by atoms with Crippen molar-refractivity contribution >= 4 is 64.3 Å². The molecule has 8 rings (SSSR count). The molecule has 2 saturated heterocycles. The number of nitrogens with one attached hydrogen (secondary N) is 1. The highest BCUT2D eigenvalue weighted by atomic mass is 35.5. The number of nitriles is 2. The van der Waals surface area contributed by atoms with Crippen molar-refractivity contribution in [1.82, 2.24) is 13.9 Å². The van der Waals surface area contributed by atoms with E-state index in [-0.39, 0.29) is 48.6 Å². The fourth-order valence-corrected chi connectivity index (χ4v) is 11.5. The maximum atomic E-state index is 13.0. The van der Waals surface area contributed by atoms with Gasteiger partial charge in [-0.1, -0.05) is 103 Å². The van der Waals surface area contributed by atoms with E-state index in [1.54, 1.807) is 0 Å². The van der Waals surface area contributed by atoms with E-state index in [2.05, 4.69) is 11.4 Å². The molecule has 0 unspecified atom stereocenters. The van der Waals surface area contributed by atoms with Gasteiger partial charge in [0.2, 0.25) is 20.0 Å². The molecule has 12 nitrogen and oxygen atoms in total. The van der Waals surface area contributed by atoms with Gasteiger partial charge in [0.1, 0.15) is 11.1 Å². The monoisotopic (exact) mass is 1070 g/mol. The van der Waals surface area contributed by atoms with Gasteiger partial charge in [0.25, 0.3) is 11.1 Å². The predicted molar refractivity (Wildman–Crippen MR) is 266 cm³/mol. The van der Waals surface area contributed by atoms with Crippen LogP contribution in [0.15, 0.2) is 133 Å². The van der Waals surface area contributed by atoms with Crippen LogP contribution in [0.1, 0.15) is 68.7 Å². The summed E-state index contributed by atoms with van der Waals surface area (Å²) in [7, 11) is -6.97. The minimum atomic E-state index is -4.60. The zero-order valence-electron chi connectivity index (χ0n) is 39.0. The minimum absolute atomic E-state index is 0.0221. The van der Waals surface area contributed by atoms with Gasteiger partial charge < -0.3 is 11.1 Å². The lowest BCUT2D eigenvalue weighted by Gasteiger charge is -2.37. The number of sulfonamides is 2. The molecule has 2 fully saturated rings. The number of alkyl halides is 6. The van der Waals surface area contributed by atoms with Crippen LogP contribution < -0.4 is 11.1 Å². The first-order valence-electron chi connectivity index (χ1n) is 22.7. The number of carbonyl (C=O) groups excluding carboxylic acids is 2. The van der Waals surface area contributed by atoms with Gasteiger partial charge in [-0.2, -0.15) is 36.9 Å². The number of nitrogens with two attached hydrogens (primary N) is 1. The van der Waals surface area contributed by atoms with Gasteiger partial charge in [-0.05, 0) is 113 Å². The number of benzene rings is 6. The first kappa shape index (κ1) is 55.9. The molecule has 6 aromatic carbocycles. The van der Waals surface area contributed by atoms with Crippen molar-refractivity contribution in [1.29, 1.82) is 10.5 Å². The number of amides is 1. The summed E-state index contributed by atoms with van der Waals surface area (Å²) in [4.78, 5) is 23.2. The van der Waals surface area contributed by atoms with E-state index < -0.39 is 65.8 Å². The van der Waals surface area contributed by atoms with Gasteiger partial charge >= 0.3 is 12.4 Å². The van der Waals surface area contributed by atoms with Crippen LogP contribution in [0.2, 0.25) is 0 Å². The van der Waals surface area contributed by atoms with Crippen molar-refractivity contribution in [2.24, 2.45) is 5.73 Å². The van der Waals surface area contributed by atoms with Crippen LogP contribution in [0.4, 0.5) is 26.3 Å². The van der Waals surface area contributed by atoms with E-state index in [1.807, 2.05) is 91.0 Å². The maximum Gasteiger partial charge on any atom is 0.416 e.